The molecule has 2 aliphatic rings. The molecular weight excluding hydrogens is 478 g/mol. The van der Waals surface area contributed by atoms with Crippen LogP contribution in [0.25, 0.3) is 0 Å². The number of methoxy groups -OCH3 is 1. The Morgan fingerprint density at radius 2 is 1.71 bits per heavy atom. The molecule has 0 unspecified atom stereocenters. The molecule has 4 aromatic rings. The van der Waals surface area contributed by atoms with E-state index in [1.54, 1.807) is 42.5 Å². The minimum atomic E-state index is -0.620. The summed E-state index contributed by atoms with van der Waals surface area (Å²) in [6.07, 6.45) is 2.54. The third-order valence-electron chi connectivity index (χ3n) is 7.11. The normalized spacial score (nSPS) is 18.7. The molecule has 0 fully saturated rings. The van der Waals surface area contributed by atoms with Crippen LogP contribution in [0.4, 0.5) is 21.9 Å². The van der Waals surface area contributed by atoms with Gasteiger partial charge in [0.1, 0.15) is 11.5 Å². The van der Waals surface area contributed by atoms with E-state index in [-0.39, 0.29) is 17.7 Å². The van der Waals surface area contributed by atoms with Gasteiger partial charge in [-0.1, -0.05) is 42.5 Å². The van der Waals surface area contributed by atoms with Crippen LogP contribution in [0.2, 0.25) is 0 Å². The maximum absolute atomic E-state index is 14.1. The molecule has 6 rings (SSSR count). The zero-order valence-corrected chi connectivity index (χ0v) is 20.9. The van der Waals surface area contributed by atoms with Crippen LogP contribution in [-0.4, -0.2) is 18.9 Å². The fourth-order valence-electron chi connectivity index (χ4n) is 5.35. The first kappa shape index (κ1) is 23.6. The maximum Gasteiger partial charge on any atom is 0.327 e. The summed E-state index contributed by atoms with van der Waals surface area (Å²) in [4.78, 5) is 29.7. The summed E-state index contributed by atoms with van der Waals surface area (Å²) in [6.45, 7) is 0. The van der Waals surface area contributed by atoms with Gasteiger partial charge >= 0.3 is 6.03 Å². The molecule has 0 saturated carbocycles. The van der Waals surface area contributed by atoms with Crippen molar-refractivity contribution in [3.8, 4) is 5.75 Å². The summed E-state index contributed by atoms with van der Waals surface area (Å²) in [7, 11) is 1.60. The van der Waals surface area contributed by atoms with E-state index in [4.69, 9.17) is 9.15 Å². The summed E-state index contributed by atoms with van der Waals surface area (Å²) < 4.78 is 10.9. The number of amides is 2. The van der Waals surface area contributed by atoms with Crippen LogP contribution in [0.15, 0.2) is 113 Å². The van der Waals surface area contributed by atoms with Gasteiger partial charge in [-0.2, -0.15) is 0 Å². The molecule has 190 valence electrons. The lowest BCUT2D eigenvalue weighted by atomic mass is 9.80. The van der Waals surface area contributed by atoms with Crippen LogP contribution >= 0.6 is 0 Å². The van der Waals surface area contributed by atoms with Gasteiger partial charge in [-0.25, -0.2) is 4.79 Å². The number of nitrogens with zero attached hydrogens (tertiary/aromatic N) is 1. The van der Waals surface area contributed by atoms with E-state index in [1.807, 2.05) is 66.7 Å². The van der Waals surface area contributed by atoms with Gasteiger partial charge in [0.25, 0.3) is 0 Å². The molecule has 0 bridgehead atoms. The standard InChI is InChI=1S/C31H27N3O4/c1-37-23-15-13-22(14-16-23)32-31(36)34-26-11-6-5-10-24(26)33-25-18-21(28-12-7-17-38-28)19-27(35)29(25)30(34)20-8-3-2-4-9-20/h2-17,21,30,33H,18-19H2,1H3,(H,32,36)/t21-,30-/m0/s1. The van der Waals surface area contributed by atoms with Crippen molar-refractivity contribution in [1.29, 1.82) is 0 Å². The quantitative estimate of drug-likeness (QED) is 0.315. The molecule has 2 atom stereocenters. The number of para-hydroxylation sites is 2. The third kappa shape index (κ3) is 4.32. The van der Waals surface area contributed by atoms with Crippen LogP contribution in [0.5, 0.6) is 5.75 Å². The number of hydrogen-bond donors (Lipinski definition) is 2. The summed E-state index contributed by atoms with van der Waals surface area (Å²) in [5.74, 6) is 1.40. The van der Waals surface area contributed by atoms with Crippen molar-refractivity contribution in [1.82, 2.24) is 0 Å². The van der Waals surface area contributed by atoms with E-state index >= 15 is 0 Å². The predicted molar refractivity (Wildman–Crippen MR) is 146 cm³/mol. The lowest BCUT2D eigenvalue weighted by Gasteiger charge is -2.34. The molecule has 1 aliphatic carbocycles. The van der Waals surface area contributed by atoms with Crippen LogP contribution in [0.3, 0.4) is 0 Å². The van der Waals surface area contributed by atoms with Gasteiger partial charge in [0.15, 0.2) is 5.78 Å². The SMILES string of the molecule is COc1ccc(NC(=O)N2c3ccccc3NC3=C(C(=O)C[C@@H](c4ccco4)C3)[C@@H]2c2ccccc2)cc1. The molecule has 3 aromatic carbocycles. The van der Waals surface area contributed by atoms with Gasteiger partial charge in [-0.05, 0) is 60.5 Å². The molecule has 1 aromatic heterocycles. The average molecular weight is 506 g/mol. The first-order chi connectivity index (χ1) is 18.6. The number of anilines is 3. The van der Waals surface area contributed by atoms with E-state index in [9.17, 15) is 9.59 Å². The smallest absolute Gasteiger partial charge is 0.327 e. The highest BCUT2D eigenvalue weighted by molar-refractivity contribution is 6.09. The number of carbonyl (C=O) groups is 2. The second-order valence-electron chi connectivity index (χ2n) is 9.42. The minimum absolute atomic E-state index is 0.0101. The second kappa shape index (κ2) is 9.94. The Hall–Kier alpha value is -4.78. The van der Waals surface area contributed by atoms with Crippen molar-refractivity contribution in [3.05, 3.63) is 120 Å². The number of furan rings is 1. The van der Waals surface area contributed by atoms with Crippen LogP contribution in [0, 0.1) is 0 Å². The number of ether oxygens (including phenoxy) is 1. The number of allylic oxidation sites excluding steroid dienone is 1. The average Bonchev–Trinajstić information content (AvgIpc) is 3.44. The zero-order chi connectivity index (χ0) is 26.1. The van der Waals surface area contributed by atoms with Crippen LogP contribution in [0.1, 0.15) is 36.1 Å². The molecule has 0 spiro atoms. The summed E-state index contributed by atoms with van der Waals surface area (Å²) in [5.41, 5.74) is 4.33. The molecule has 2 amide bonds. The van der Waals surface area contributed by atoms with Crippen molar-refractivity contribution in [2.24, 2.45) is 0 Å². The first-order valence-corrected chi connectivity index (χ1v) is 12.6. The molecule has 1 aliphatic heterocycles. The Balaban J connectivity index is 1.48. The topological polar surface area (TPSA) is 83.8 Å². The van der Waals surface area contributed by atoms with Crippen molar-refractivity contribution >= 4 is 28.9 Å². The molecule has 0 radical (unpaired) electrons. The number of benzene rings is 3. The zero-order valence-electron chi connectivity index (χ0n) is 20.9. The highest BCUT2D eigenvalue weighted by atomic mass is 16.5. The van der Waals surface area contributed by atoms with E-state index in [0.717, 1.165) is 22.7 Å². The molecule has 7 heteroatoms. The lowest BCUT2D eigenvalue weighted by Crippen LogP contribution is -2.41. The van der Waals surface area contributed by atoms with Crippen molar-refractivity contribution in [2.75, 3.05) is 22.6 Å². The molecule has 38 heavy (non-hydrogen) atoms. The first-order valence-electron chi connectivity index (χ1n) is 12.6. The highest BCUT2D eigenvalue weighted by Gasteiger charge is 2.42. The number of urea groups is 1. The number of nitrogens with one attached hydrogen (secondary N) is 2. The van der Waals surface area contributed by atoms with E-state index < -0.39 is 6.04 Å². The Morgan fingerprint density at radius 1 is 0.947 bits per heavy atom. The van der Waals surface area contributed by atoms with Gasteiger partial charge in [0, 0.05) is 29.3 Å². The molecule has 2 N–H and O–H groups in total. The van der Waals surface area contributed by atoms with Crippen LogP contribution < -0.4 is 20.3 Å². The maximum atomic E-state index is 14.1. The molecule has 2 heterocycles. The van der Waals surface area contributed by atoms with Crippen molar-refractivity contribution in [2.45, 2.75) is 24.8 Å². The Bertz CT molecular complexity index is 1490. The minimum Gasteiger partial charge on any atom is -0.497 e. The molecular formula is C31H27N3O4. The fourth-order valence-corrected chi connectivity index (χ4v) is 5.35. The summed E-state index contributed by atoms with van der Waals surface area (Å²) in [5, 5.41) is 6.55. The molecule has 0 saturated heterocycles. The number of rotatable bonds is 4. The molecule has 7 nitrogen and oxygen atoms in total. The Morgan fingerprint density at radius 3 is 2.45 bits per heavy atom. The predicted octanol–water partition coefficient (Wildman–Crippen LogP) is 6.89. The third-order valence-corrected chi connectivity index (χ3v) is 7.11. The number of ketones is 1. The number of hydrogen-bond acceptors (Lipinski definition) is 5. The van der Waals surface area contributed by atoms with E-state index in [0.29, 0.717) is 35.5 Å². The van der Waals surface area contributed by atoms with Crippen molar-refractivity contribution < 1.29 is 18.7 Å². The van der Waals surface area contributed by atoms with E-state index in [1.165, 1.54) is 0 Å². The highest BCUT2D eigenvalue weighted by Crippen LogP contribution is 2.47. The number of carbonyl (C=O) groups excluding carboxylic acids is 2. The Kier molecular flexibility index (Phi) is 6.17. The Labute approximate surface area is 220 Å². The van der Waals surface area contributed by atoms with Gasteiger partial charge in [-0.15, -0.1) is 0 Å². The monoisotopic (exact) mass is 505 g/mol. The lowest BCUT2D eigenvalue weighted by molar-refractivity contribution is -0.116. The summed E-state index contributed by atoms with van der Waals surface area (Å²) >= 11 is 0. The van der Waals surface area contributed by atoms with Gasteiger partial charge in [0.2, 0.25) is 0 Å². The number of Topliss-reactive ketones (excluding diaryl/α,β-unsaturated/α-hetero) is 1. The number of fused-ring (bicyclic) bond motifs is 1. The van der Waals surface area contributed by atoms with Crippen molar-refractivity contribution in [3.63, 3.8) is 0 Å². The largest absolute Gasteiger partial charge is 0.497 e. The second-order valence-corrected chi connectivity index (χ2v) is 9.42. The van der Waals surface area contributed by atoms with E-state index in [2.05, 4.69) is 10.6 Å². The van der Waals surface area contributed by atoms with Gasteiger partial charge < -0.3 is 19.8 Å². The van der Waals surface area contributed by atoms with Gasteiger partial charge in [-0.3, -0.25) is 9.69 Å². The van der Waals surface area contributed by atoms with Gasteiger partial charge in [0.05, 0.1) is 30.8 Å². The van der Waals surface area contributed by atoms with Crippen LogP contribution in [-0.2, 0) is 4.79 Å². The summed E-state index contributed by atoms with van der Waals surface area (Å²) in [6, 6.07) is 27.3. The fraction of sp³-hybridized carbons (Fsp3) is 0.161.